The van der Waals surface area contributed by atoms with Crippen molar-refractivity contribution in [2.75, 3.05) is 60.0 Å². The zero-order chi connectivity index (χ0) is 21.5. The fourth-order valence-corrected chi connectivity index (χ4v) is 4.21. The van der Waals surface area contributed by atoms with E-state index in [0.29, 0.717) is 6.54 Å². The van der Waals surface area contributed by atoms with Crippen molar-refractivity contribution in [1.82, 2.24) is 20.0 Å². The lowest BCUT2D eigenvalue weighted by Crippen LogP contribution is -2.57. The second kappa shape index (κ2) is 10.7. The molecule has 0 saturated carbocycles. The number of guanidine groups is 1. The van der Waals surface area contributed by atoms with Crippen LogP contribution in [-0.2, 0) is 9.53 Å². The molecule has 2 heterocycles. The SMILES string of the molecule is CN=C(NCC(OC)c1ccc(F)cc1)N1CCN(C(C)C(=O)N2CCCC2)CC1. The number of hydrogen-bond acceptors (Lipinski definition) is 4. The lowest BCUT2D eigenvalue weighted by atomic mass is 10.1. The van der Waals surface area contributed by atoms with E-state index in [0.717, 1.165) is 63.6 Å². The van der Waals surface area contributed by atoms with E-state index in [1.165, 1.54) is 12.1 Å². The predicted octanol–water partition coefficient (Wildman–Crippen LogP) is 1.72. The van der Waals surface area contributed by atoms with Gasteiger partial charge in [0.25, 0.3) is 0 Å². The molecule has 7 nitrogen and oxygen atoms in total. The highest BCUT2D eigenvalue weighted by Gasteiger charge is 2.30. The molecule has 2 aliphatic rings. The first-order valence-electron chi connectivity index (χ1n) is 10.8. The number of hydrogen-bond donors (Lipinski definition) is 1. The Labute approximate surface area is 178 Å². The molecule has 2 saturated heterocycles. The highest BCUT2D eigenvalue weighted by molar-refractivity contribution is 5.82. The maximum atomic E-state index is 13.2. The first-order chi connectivity index (χ1) is 14.5. The van der Waals surface area contributed by atoms with Crippen LogP contribution in [0.15, 0.2) is 29.3 Å². The summed E-state index contributed by atoms with van der Waals surface area (Å²) in [7, 11) is 3.42. The van der Waals surface area contributed by atoms with E-state index in [4.69, 9.17) is 4.74 Å². The van der Waals surface area contributed by atoms with Crippen LogP contribution in [0.4, 0.5) is 4.39 Å². The van der Waals surface area contributed by atoms with Gasteiger partial charge in [-0.05, 0) is 37.5 Å². The van der Waals surface area contributed by atoms with Crippen molar-refractivity contribution in [3.63, 3.8) is 0 Å². The Morgan fingerprint density at radius 3 is 2.30 bits per heavy atom. The van der Waals surface area contributed by atoms with Gasteiger partial charge in [0.15, 0.2) is 5.96 Å². The molecule has 0 bridgehead atoms. The molecule has 0 aromatic heterocycles. The molecule has 0 aliphatic carbocycles. The van der Waals surface area contributed by atoms with Gasteiger partial charge in [0.1, 0.15) is 5.82 Å². The first-order valence-corrected chi connectivity index (χ1v) is 10.8. The highest BCUT2D eigenvalue weighted by Crippen LogP contribution is 2.17. The molecular weight excluding hydrogens is 385 g/mol. The summed E-state index contributed by atoms with van der Waals surface area (Å²) in [5, 5.41) is 3.38. The highest BCUT2D eigenvalue weighted by atomic mass is 19.1. The number of nitrogens with one attached hydrogen (secondary N) is 1. The van der Waals surface area contributed by atoms with Crippen LogP contribution in [0, 0.1) is 5.82 Å². The van der Waals surface area contributed by atoms with E-state index < -0.39 is 0 Å². The molecule has 1 aromatic rings. The Morgan fingerprint density at radius 1 is 1.10 bits per heavy atom. The standard InChI is InChI=1S/C22H34FN5O2/c1-17(21(29)27-10-4-5-11-27)26-12-14-28(15-13-26)22(24-2)25-16-20(30-3)18-6-8-19(23)9-7-18/h6-9,17,20H,4-5,10-16H2,1-3H3,(H,24,25). The van der Waals surface area contributed by atoms with Crippen LogP contribution in [-0.4, -0.2) is 92.6 Å². The van der Waals surface area contributed by atoms with E-state index in [2.05, 4.69) is 20.1 Å². The Kier molecular flexibility index (Phi) is 8.04. The van der Waals surface area contributed by atoms with Crippen molar-refractivity contribution < 1.29 is 13.9 Å². The lowest BCUT2D eigenvalue weighted by Gasteiger charge is -2.39. The third-order valence-electron chi connectivity index (χ3n) is 6.12. The molecular formula is C22H34FN5O2. The van der Waals surface area contributed by atoms with Gasteiger partial charge in [-0.25, -0.2) is 4.39 Å². The van der Waals surface area contributed by atoms with Crippen LogP contribution in [0.25, 0.3) is 0 Å². The number of carbonyl (C=O) groups is 1. The van der Waals surface area contributed by atoms with Gasteiger partial charge >= 0.3 is 0 Å². The molecule has 2 atom stereocenters. The van der Waals surface area contributed by atoms with Crippen molar-refractivity contribution in [1.29, 1.82) is 0 Å². The second-order valence-corrected chi connectivity index (χ2v) is 7.94. The van der Waals surface area contributed by atoms with Gasteiger partial charge in [-0.1, -0.05) is 12.1 Å². The van der Waals surface area contributed by atoms with Crippen LogP contribution in [0.1, 0.15) is 31.4 Å². The maximum absolute atomic E-state index is 13.2. The molecule has 2 unspecified atom stereocenters. The number of rotatable bonds is 6. The van der Waals surface area contributed by atoms with Crippen molar-refractivity contribution in [2.45, 2.75) is 31.9 Å². The number of halogens is 1. The minimum absolute atomic E-state index is 0.0726. The monoisotopic (exact) mass is 419 g/mol. The smallest absolute Gasteiger partial charge is 0.239 e. The fourth-order valence-electron chi connectivity index (χ4n) is 4.21. The average Bonchev–Trinajstić information content (AvgIpc) is 3.32. The van der Waals surface area contributed by atoms with Gasteiger partial charge in [-0.3, -0.25) is 14.7 Å². The summed E-state index contributed by atoms with van der Waals surface area (Å²) in [6.45, 7) is 7.63. The summed E-state index contributed by atoms with van der Waals surface area (Å²) >= 11 is 0. The molecule has 1 N–H and O–H groups in total. The largest absolute Gasteiger partial charge is 0.375 e. The maximum Gasteiger partial charge on any atom is 0.239 e. The molecule has 1 aromatic carbocycles. The summed E-state index contributed by atoms with van der Waals surface area (Å²) in [5.41, 5.74) is 0.918. The number of methoxy groups -OCH3 is 1. The van der Waals surface area contributed by atoms with Crippen LogP contribution < -0.4 is 5.32 Å². The van der Waals surface area contributed by atoms with Gasteiger partial charge in [-0.15, -0.1) is 0 Å². The van der Waals surface area contributed by atoms with E-state index >= 15 is 0 Å². The number of amides is 1. The van der Waals surface area contributed by atoms with Gasteiger partial charge in [0, 0.05) is 60.0 Å². The fraction of sp³-hybridized carbons (Fsp3) is 0.636. The van der Waals surface area contributed by atoms with E-state index in [-0.39, 0.29) is 23.9 Å². The van der Waals surface area contributed by atoms with Crippen LogP contribution in [0.5, 0.6) is 0 Å². The summed E-state index contributed by atoms with van der Waals surface area (Å²) in [5.74, 6) is 0.815. The molecule has 0 radical (unpaired) electrons. The number of benzene rings is 1. The van der Waals surface area contributed by atoms with Crippen LogP contribution >= 0.6 is 0 Å². The van der Waals surface area contributed by atoms with Crippen molar-refractivity contribution in [3.8, 4) is 0 Å². The van der Waals surface area contributed by atoms with Crippen molar-refractivity contribution >= 4 is 11.9 Å². The normalized spacial score (nSPS) is 20.3. The lowest BCUT2D eigenvalue weighted by molar-refractivity contribution is -0.135. The molecule has 0 spiro atoms. The number of carbonyl (C=O) groups excluding carboxylic acids is 1. The Hall–Kier alpha value is -2.19. The van der Waals surface area contributed by atoms with Gasteiger partial charge in [-0.2, -0.15) is 0 Å². The van der Waals surface area contributed by atoms with Crippen LogP contribution in [0.2, 0.25) is 0 Å². The Morgan fingerprint density at radius 2 is 1.73 bits per heavy atom. The average molecular weight is 420 g/mol. The summed E-state index contributed by atoms with van der Waals surface area (Å²) in [6.07, 6.45) is 2.05. The Balaban J connectivity index is 1.49. The minimum atomic E-state index is -0.257. The van der Waals surface area contributed by atoms with E-state index in [1.54, 1.807) is 26.3 Å². The number of piperazine rings is 1. The number of aliphatic imine (C=N–C) groups is 1. The molecule has 1 amide bonds. The molecule has 30 heavy (non-hydrogen) atoms. The molecule has 8 heteroatoms. The van der Waals surface area contributed by atoms with Crippen molar-refractivity contribution in [3.05, 3.63) is 35.6 Å². The first kappa shape index (κ1) is 22.5. The quantitative estimate of drug-likeness (QED) is 0.562. The molecule has 166 valence electrons. The topological polar surface area (TPSA) is 60.4 Å². The Bertz CT molecular complexity index is 713. The van der Waals surface area contributed by atoms with E-state index in [1.807, 2.05) is 11.8 Å². The summed E-state index contributed by atoms with van der Waals surface area (Å²) < 4.78 is 18.8. The number of ether oxygens (including phenoxy) is 1. The third kappa shape index (κ3) is 5.49. The minimum Gasteiger partial charge on any atom is -0.375 e. The number of nitrogens with zero attached hydrogens (tertiary/aromatic N) is 4. The van der Waals surface area contributed by atoms with Gasteiger partial charge < -0.3 is 19.9 Å². The predicted molar refractivity (Wildman–Crippen MR) is 116 cm³/mol. The third-order valence-corrected chi connectivity index (χ3v) is 6.12. The van der Waals surface area contributed by atoms with Gasteiger partial charge in [0.2, 0.25) is 5.91 Å². The molecule has 2 fully saturated rings. The second-order valence-electron chi connectivity index (χ2n) is 7.94. The summed E-state index contributed by atoms with van der Waals surface area (Å²) in [4.78, 5) is 23.6. The molecule has 3 rings (SSSR count). The van der Waals surface area contributed by atoms with Crippen LogP contribution in [0.3, 0.4) is 0 Å². The molecule has 2 aliphatic heterocycles. The van der Waals surface area contributed by atoms with Crippen molar-refractivity contribution in [2.24, 2.45) is 4.99 Å². The van der Waals surface area contributed by atoms with Gasteiger partial charge in [0.05, 0.1) is 12.1 Å². The summed E-state index contributed by atoms with van der Waals surface area (Å²) in [6, 6.07) is 6.30. The zero-order valence-corrected chi connectivity index (χ0v) is 18.3. The van der Waals surface area contributed by atoms with E-state index in [9.17, 15) is 9.18 Å². The number of likely N-dealkylation sites (tertiary alicyclic amines) is 1. The zero-order valence-electron chi connectivity index (χ0n) is 18.3.